The van der Waals surface area contributed by atoms with Gasteiger partial charge < -0.3 is 10.1 Å². The normalized spacial score (nSPS) is 12.5. The first-order chi connectivity index (χ1) is 8.93. The summed E-state index contributed by atoms with van der Waals surface area (Å²) in [6, 6.07) is 2.59. The number of benzene rings is 1. The molecule has 0 saturated carbocycles. The lowest BCUT2D eigenvalue weighted by Gasteiger charge is -2.14. The van der Waals surface area contributed by atoms with Crippen molar-refractivity contribution in [3.05, 3.63) is 42.0 Å². The van der Waals surface area contributed by atoms with Crippen molar-refractivity contribution < 1.29 is 13.5 Å². The van der Waals surface area contributed by atoms with Crippen LogP contribution in [0.3, 0.4) is 0 Å². The third-order valence-electron chi connectivity index (χ3n) is 2.58. The molecule has 0 fully saturated rings. The summed E-state index contributed by atoms with van der Waals surface area (Å²) in [6.07, 6.45) is 1.05. The van der Waals surface area contributed by atoms with E-state index in [1.54, 1.807) is 6.92 Å². The van der Waals surface area contributed by atoms with Gasteiger partial charge in [-0.15, -0.1) is 0 Å². The number of ether oxygens (including phenoxy) is 1. The van der Waals surface area contributed by atoms with Crippen molar-refractivity contribution in [2.24, 2.45) is 5.92 Å². The first-order valence-electron chi connectivity index (χ1n) is 6.42. The molecule has 0 aromatic heterocycles. The summed E-state index contributed by atoms with van der Waals surface area (Å²) in [4.78, 5) is 0. The Morgan fingerprint density at radius 3 is 2.32 bits per heavy atom. The molecule has 1 aromatic rings. The van der Waals surface area contributed by atoms with Crippen LogP contribution in [-0.4, -0.2) is 12.6 Å². The van der Waals surface area contributed by atoms with Crippen LogP contribution in [0.25, 0.3) is 0 Å². The van der Waals surface area contributed by atoms with Crippen LogP contribution in [-0.2, 0) is 6.54 Å². The van der Waals surface area contributed by atoms with Gasteiger partial charge in [-0.2, -0.15) is 0 Å². The molecule has 1 atom stereocenters. The zero-order chi connectivity index (χ0) is 14.4. The molecule has 0 radical (unpaired) electrons. The van der Waals surface area contributed by atoms with Gasteiger partial charge in [0.25, 0.3) is 0 Å². The second-order valence-electron chi connectivity index (χ2n) is 4.97. The van der Waals surface area contributed by atoms with Gasteiger partial charge in [-0.1, -0.05) is 26.5 Å². The zero-order valence-electron chi connectivity index (χ0n) is 11.7. The van der Waals surface area contributed by atoms with Crippen LogP contribution in [0.4, 0.5) is 8.78 Å². The molecule has 0 aliphatic carbocycles. The van der Waals surface area contributed by atoms with Gasteiger partial charge in [-0.05, 0) is 37.1 Å². The molecule has 106 valence electrons. The van der Waals surface area contributed by atoms with Crippen molar-refractivity contribution in [2.75, 3.05) is 6.54 Å². The number of halogens is 2. The van der Waals surface area contributed by atoms with Gasteiger partial charge in [-0.3, -0.25) is 0 Å². The van der Waals surface area contributed by atoms with Crippen molar-refractivity contribution in [1.29, 1.82) is 0 Å². The van der Waals surface area contributed by atoms with Gasteiger partial charge in [0.05, 0.1) is 0 Å². The van der Waals surface area contributed by atoms with Crippen molar-refractivity contribution in [2.45, 2.75) is 33.4 Å². The monoisotopic (exact) mass is 269 g/mol. The standard InChI is InChI=1S/C15H21F2NO/c1-5-11(4)19-15-13(16)6-12(7-14(15)17)9-18-8-10(2)3/h5-7,10-11,18H,1,8-9H2,2-4H3. The first kappa shape index (κ1) is 15.6. The van der Waals surface area contributed by atoms with Gasteiger partial charge in [0.15, 0.2) is 17.4 Å². The van der Waals surface area contributed by atoms with E-state index in [1.165, 1.54) is 18.2 Å². The fourth-order valence-electron chi connectivity index (χ4n) is 1.57. The lowest BCUT2D eigenvalue weighted by atomic mass is 10.1. The minimum Gasteiger partial charge on any atom is -0.481 e. The maximum Gasteiger partial charge on any atom is 0.191 e. The van der Waals surface area contributed by atoms with Gasteiger partial charge in [0.1, 0.15) is 6.10 Å². The Hall–Kier alpha value is -1.42. The highest BCUT2D eigenvalue weighted by Gasteiger charge is 2.14. The van der Waals surface area contributed by atoms with E-state index in [4.69, 9.17) is 4.74 Å². The molecular weight excluding hydrogens is 248 g/mol. The molecular formula is C15H21F2NO. The summed E-state index contributed by atoms with van der Waals surface area (Å²) in [7, 11) is 0. The van der Waals surface area contributed by atoms with E-state index in [-0.39, 0.29) is 5.75 Å². The summed E-state index contributed by atoms with van der Waals surface area (Å²) in [5.41, 5.74) is 0.564. The molecule has 0 amide bonds. The summed E-state index contributed by atoms with van der Waals surface area (Å²) >= 11 is 0. The van der Waals surface area contributed by atoms with Gasteiger partial charge in [-0.25, -0.2) is 8.78 Å². The predicted octanol–water partition coefficient (Wildman–Crippen LogP) is 3.66. The smallest absolute Gasteiger partial charge is 0.191 e. The Morgan fingerprint density at radius 1 is 1.26 bits per heavy atom. The fourth-order valence-corrected chi connectivity index (χ4v) is 1.57. The molecule has 0 aliphatic rings. The first-order valence-corrected chi connectivity index (χ1v) is 6.42. The minimum atomic E-state index is -0.685. The van der Waals surface area contributed by atoms with Crippen LogP contribution >= 0.6 is 0 Å². The molecule has 1 aromatic carbocycles. The average Bonchev–Trinajstić information content (AvgIpc) is 2.33. The maximum atomic E-state index is 13.8. The second-order valence-corrected chi connectivity index (χ2v) is 4.97. The van der Waals surface area contributed by atoms with Crippen molar-refractivity contribution in [3.63, 3.8) is 0 Å². The summed E-state index contributed by atoms with van der Waals surface area (Å²) in [6.45, 7) is 10.6. The molecule has 4 heteroatoms. The fraction of sp³-hybridized carbons (Fsp3) is 0.467. The Balaban J connectivity index is 2.76. The summed E-state index contributed by atoms with van der Waals surface area (Å²) in [5, 5.41) is 3.14. The third-order valence-corrected chi connectivity index (χ3v) is 2.58. The molecule has 0 spiro atoms. The van der Waals surface area contributed by atoms with Crippen molar-refractivity contribution in [1.82, 2.24) is 5.32 Å². The highest BCUT2D eigenvalue weighted by atomic mass is 19.1. The summed E-state index contributed by atoms with van der Waals surface area (Å²) in [5.74, 6) is -1.23. The van der Waals surface area contributed by atoms with E-state index in [0.29, 0.717) is 18.0 Å². The number of hydrogen-bond donors (Lipinski definition) is 1. The number of hydrogen-bond acceptors (Lipinski definition) is 2. The quantitative estimate of drug-likeness (QED) is 0.763. The Bertz CT molecular complexity index is 409. The van der Waals surface area contributed by atoms with E-state index >= 15 is 0 Å². The number of rotatable bonds is 7. The van der Waals surface area contributed by atoms with E-state index in [1.807, 2.05) is 0 Å². The highest BCUT2D eigenvalue weighted by Crippen LogP contribution is 2.24. The molecule has 0 heterocycles. The van der Waals surface area contributed by atoms with Crippen molar-refractivity contribution >= 4 is 0 Å². The maximum absolute atomic E-state index is 13.8. The van der Waals surface area contributed by atoms with Crippen LogP contribution < -0.4 is 10.1 Å². The largest absolute Gasteiger partial charge is 0.481 e. The SMILES string of the molecule is C=CC(C)Oc1c(F)cc(CNCC(C)C)cc1F. The molecule has 0 saturated heterocycles. The predicted molar refractivity (Wildman–Crippen MR) is 73.2 cm³/mol. The topological polar surface area (TPSA) is 21.3 Å². The van der Waals surface area contributed by atoms with Gasteiger partial charge in [0, 0.05) is 6.54 Å². The van der Waals surface area contributed by atoms with Crippen LogP contribution in [0.15, 0.2) is 24.8 Å². The van der Waals surface area contributed by atoms with Crippen LogP contribution in [0.5, 0.6) is 5.75 Å². The number of nitrogens with one attached hydrogen (secondary N) is 1. The van der Waals surface area contributed by atoms with Crippen molar-refractivity contribution in [3.8, 4) is 5.75 Å². The lowest BCUT2D eigenvalue weighted by molar-refractivity contribution is 0.243. The zero-order valence-corrected chi connectivity index (χ0v) is 11.7. The van der Waals surface area contributed by atoms with E-state index < -0.39 is 17.7 Å². The summed E-state index contributed by atoms with van der Waals surface area (Å²) < 4.78 is 32.7. The molecule has 19 heavy (non-hydrogen) atoms. The third kappa shape index (κ3) is 4.99. The Morgan fingerprint density at radius 2 is 1.84 bits per heavy atom. The Labute approximate surface area is 113 Å². The molecule has 0 aliphatic heterocycles. The minimum absolute atomic E-state index is 0.347. The van der Waals surface area contributed by atoms with E-state index in [9.17, 15) is 8.78 Å². The van der Waals surface area contributed by atoms with Crippen LogP contribution in [0, 0.1) is 17.6 Å². The molecule has 2 nitrogen and oxygen atoms in total. The lowest BCUT2D eigenvalue weighted by Crippen LogP contribution is -2.19. The second kappa shape index (κ2) is 7.24. The van der Waals surface area contributed by atoms with Crippen LogP contribution in [0.1, 0.15) is 26.3 Å². The molecule has 0 bridgehead atoms. The molecule has 1 N–H and O–H groups in total. The van der Waals surface area contributed by atoms with Crippen LogP contribution in [0.2, 0.25) is 0 Å². The van der Waals surface area contributed by atoms with Gasteiger partial charge >= 0.3 is 0 Å². The molecule has 1 unspecified atom stereocenters. The van der Waals surface area contributed by atoms with E-state index in [2.05, 4.69) is 25.7 Å². The Kier molecular flexibility index (Phi) is 5.96. The highest BCUT2D eigenvalue weighted by molar-refractivity contribution is 5.31. The molecule has 1 rings (SSSR count). The van der Waals surface area contributed by atoms with E-state index in [0.717, 1.165) is 6.54 Å². The average molecular weight is 269 g/mol. The van der Waals surface area contributed by atoms with Gasteiger partial charge in [0.2, 0.25) is 0 Å².